The maximum absolute atomic E-state index is 13.8. The number of aryl methyl sites for hydroxylation is 1. The van der Waals surface area contributed by atoms with E-state index in [0.29, 0.717) is 13.1 Å². The molecular weight excluding hydrogens is 522 g/mol. The number of hydrogen-bond donors (Lipinski definition) is 1. The molecule has 0 bridgehead atoms. The predicted octanol–water partition coefficient (Wildman–Crippen LogP) is 5.46. The number of unbranched alkanes of at least 4 members (excludes halogenated alkanes) is 1. The van der Waals surface area contributed by atoms with E-state index in [2.05, 4.69) is 17.0 Å². The molecule has 6 rings (SSSR count). The number of carbonyl (C=O) groups excluding carboxylic acids is 1. The van der Waals surface area contributed by atoms with Gasteiger partial charge in [-0.15, -0.1) is 0 Å². The SMILES string of the molecule is NCCCCN(Cc1nccc2c3ccccc3n(CC(=O)N3CCC(F)(F)CC3)c12)C1CCCc2cccnc21. The van der Waals surface area contributed by atoms with Crippen molar-refractivity contribution in [1.29, 1.82) is 0 Å². The number of pyridine rings is 2. The Morgan fingerprint density at radius 3 is 2.68 bits per heavy atom. The second-order valence-corrected chi connectivity index (χ2v) is 11.4. The number of para-hydroxylation sites is 1. The van der Waals surface area contributed by atoms with Gasteiger partial charge in [-0.2, -0.15) is 0 Å². The molecule has 4 aromatic rings. The van der Waals surface area contributed by atoms with Gasteiger partial charge in [0.1, 0.15) is 6.54 Å². The Morgan fingerprint density at radius 1 is 1.02 bits per heavy atom. The molecule has 1 amide bonds. The largest absolute Gasteiger partial charge is 0.341 e. The molecule has 1 aliphatic carbocycles. The molecule has 1 aromatic carbocycles. The number of fused-ring (bicyclic) bond motifs is 4. The standard InChI is InChI=1S/C32H38F2N6O/c33-32(34)13-19-38(20-14-32)29(41)22-40-27-10-2-1-9-24(27)25-12-17-36-26(31(25)40)21-39(18-4-3-15-35)28-11-5-7-23-8-6-16-37-30(23)28/h1-2,6,8-10,12,16-17,28H,3-5,7,11,13-15,18-22,35H2. The molecule has 41 heavy (non-hydrogen) atoms. The number of hydrogen-bond acceptors (Lipinski definition) is 5. The van der Waals surface area contributed by atoms with Crippen molar-refractivity contribution >= 4 is 27.7 Å². The summed E-state index contributed by atoms with van der Waals surface area (Å²) in [5, 5.41) is 2.11. The van der Waals surface area contributed by atoms with Crippen molar-refractivity contribution in [3.8, 4) is 0 Å². The third-order valence-electron chi connectivity index (χ3n) is 8.75. The first-order valence-electron chi connectivity index (χ1n) is 14.8. The van der Waals surface area contributed by atoms with Gasteiger partial charge in [0.15, 0.2) is 0 Å². The molecule has 1 unspecified atom stereocenters. The second-order valence-electron chi connectivity index (χ2n) is 11.4. The summed E-state index contributed by atoms with van der Waals surface area (Å²) < 4.78 is 29.6. The Hall–Kier alpha value is -3.43. The molecule has 0 radical (unpaired) electrons. The van der Waals surface area contributed by atoms with E-state index in [1.54, 1.807) is 4.90 Å². The van der Waals surface area contributed by atoms with E-state index in [9.17, 15) is 13.6 Å². The number of carbonyl (C=O) groups is 1. The van der Waals surface area contributed by atoms with Crippen molar-refractivity contribution in [2.45, 2.75) is 70.0 Å². The van der Waals surface area contributed by atoms with Crippen molar-refractivity contribution in [2.24, 2.45) is 5.73 Å². The lowest BCUT2D eigenvalue weighted by atomic mass is 9.90. The van der Waals surface area contributed by atoms with Crippen LogP contribution in [-0.4, -0.2) is 62.3 Å². The number of rotatable bonds is 9. The van der Waals surface area contributed by atoms with Crippen molar-refractivity contribution in [1.82, 2.24) is 24.3 Å². The van der Waals surface area contributed by atoms with E-state index in [1.807, 2.05) is 47.3 Å². The Balaban J connectivity index is 1.38. The van der Waals surface area contributed by atoms with E-state index < -0.39 is 5.92 Å². The van der Waals surface area contributed by atoms with Crippen LogP contribution in [0.25, 0.3) is 21.8 Å². The Kier molecular flexibility index (Phi) is 7.99. The van der Waals surface area contributed by atoms with E-state index >= 15 is 0 Å². The van der Waals surface area contributed by atoms with Crippen LogP contribution in [0.4, 0.5) is 8.78 Å². The fourth-order valence-electron chi connectivity index (χ4n) is 6.61. The van der Waals surface area contributed by atoms with Gasteiger partial charge in [0.05, 0.1) is 22.9 Å². The zero-order valence-electron chi connectivity index (χ0n) is 23.4. The van der Waals surface area contributed by atoms with Crippen LogP contribution in [0.2, 0.25) is 0 Å². The topological polar surface area (TPSA) is 80.3 Å². The summed E-state index contributed by atoms with van der Waals surface area (Å²) in [5.74, 6) is -2.83. The highest BCUT2D eigenvalue weighted by atomic mass is 19.3. The van der Waals surface area contributed by atoms with Crippen LogP contribution in [0.5, 0.6) is 0 Å². The summed E-state index contributed by atoms with van der Waals surface area (Å²) in [4.78, 5) is 27.2. The Morgan fingerprint density at radius 2 is 1.85 bits per heavy atom. The maximum Gasteiger partial charge on any atom is 0.251 e. The van der Waals surface area contributed by atoms with Crippen LogP contribution in [-0.2, 0) is 24.3 Å². The normalized spacial score (nSPS) is 18.7. The van der Waals surface area contributed by atoms with Gasteiger partial charge in [-0.25, -0.2) is 8.78 Å². The van der Waals surface area contributed by atoms with Crippen LogP contribution in [0.1, 0.15) is 61.5 Å². The first-order valence-corrected chi connectivity index (χ1v) is 14.8. The summed E-state index contributed by atoms with van der Waals surface area (Å²) in [6.45, 7) is 2.39. The lowest BCUT2D eigenvalue weighted by Crippen LogP contribution is -2.44. The van der Waals surface area contributed by atoms with Crippen LogP contribution in [0.15, 0.2) is 54.9 Å². The molecule has 7 nitrogen and oxygen atoms in total. The molecule has 1 saturated heterocycles. The zero-order chi connectivity index (χ0) is 28.4. The maximum atomic E-state index is 13.8. The van der Waals surface area contributed by atoms with Gasteiger partial charge in [-0.1, -0.05) is 24.3 Å². The number of benzene rings is 1. The highest BCUT2D eigenvalue weighted by molar-refractivity contribution is 6.09. The summed E-state index contributed by atoms with van der Waals surface area (Å²) in [6, 6.07) is 14.5. The van der Waals surface area contributed by atoms with Crippen molar-refractivity contribution in [2.75, 3.05) is 26.2 Å². The molecule has 9 heteroatoms. The first-order chi connectivity index (χ1) is 19.9. The number of nitrogens with two attached hydrogens (primary N) is 1. The van der Waals surface area contributed by atoms with Gasteiger partial charge in [0.25, 0.3) is 5.92 Å². The zero-order valence-corrected chi connectivity index (χ0v) is 23.4. The molecule has 0 spiro atoms. The molecule has 2 N–H and O–H groups in total. The summed E-state index contributed by atoms with van der Waals surface area (Å²) >= 11 is 0. The molecule has 1 aliphatic heterocycles. The van der Waals surface area contributed by atoms with Gasteiger partial charge in [-0.3, -0.25) is 19.7 Å². The summed E-state index contributed by atoms with van der Waals surface area (Å²) in [7, 11) is 0. The molecule has 1 atom stereocenters. The fourth-order valence-corrected chi connectivity index (χ4v) is 6.61. The number of halogens is 2. The van der Waals surface area contributed by atoms with Gasteiger partial charge in [0.2, 0.25) is 5.91 Å². The molecule has 1 fully saturated rings. The van der Waals surface area contributed by atoms with Crippen LogP contribution in [0, 0.1) is 0 Å². The minimum absolute atomic E-state index is 0.0804. The number of amides is 1. The predicted molar refractivity (Wildman–Crippen MR) is 157 cm³/mol. The van der Waals surface area contributed by atoms with Crippen molar-refractivity contribution in [3.63, 3.8) is 0 Å². The average Bonchev–Trinajstić information content (AvgIpc) is 3.30. The number of alkyl halides is 2. The lowest BCUT2D eigenvalue weighted by molar-refractivity contribution is -0.137. The molecule has 0 saturated carbocycles. The van der Waals surface area contributed by atoms with Crippen molar-refractivity contribution in [3.05, 3.63) is 71.8 Å². The molecule has 2 aliphatic rings. The number of likely N-dealkylation sites (tertiary alicyclic amines) is 1. The van der Waals surface area contributed by atoms with Gasteiger partial charge in [0, 0.05) is 61.2 Å². The lowest BCUT2D eigenvalue weighted by Gasteiger charge is -2.35. The van der Waals surface area contributed by atoms with E-state index in [-0.39, 0.29) is 44.4 Å². The van der Waals surface area contributed by atoms with Gasteiger partial charge >= 0.3 is 0 Å². The number of aromatic nitrogens is 3. The Labute approximate surface area is 239 Å². The van der Waals surface area contributed by atoms with Gasteiger partial charge < -0.3 is 15.2 Å². The smallest absolute Gasteiger partial charge is 0.251 e. The molecule has 4 heterocycles. The fraction of sp³-hybridized carbons (Fsp3) is 0.469. The van der Waals surface area contributed by atoms with Crippen molar-refractivity contribution < 1.29 is 13.6 Å². The number of piperidine rings is 1. The minimum atomic E-state index is -2.69. The minimum Gasteiger partial charge on any atom is -0.341 e. The van der Waals surface area contributed by atoms with Crippen LogP contribution < -0.4 is 5.73 Å². The third kappa shape index (κ3) is 5.70. The number of nitrogens with zero attached hydrogens (tertiary/aromatic N) is 5. The second kappa shape index (κ2) is 11.8. The quantitative estimate of drug-likeness (QED) is 0.275. The highest BCUT2D eigenvalue weighted by Gasteiger charge is 2.36. The molecular formula is C32H38F2N6O. The van der Waals surface area contributed by atoms with E-state index in [1.165, 1.54) is 5.56 Å². The van der Waals surface area contributed by atoms with Crippen LogP contribution in [0.3, 0.4) is 0 Å². The Bertz CT molecular complexity index is 1530. The molecule has 216 valence electrons. The van der Waals surface area contributed by atoms with Gasteiger partial charge in [-0.05, 0) is 69.0 Å². The molecule has 3 aromatic heterocycles. The van der Waals surface area contributed by atoms with Crippen LogP contribution >= 0.6 is 0 Å². The summed E-state index contributed by atoms with van der Waals surface area (Å²) in [5.41, 5.74) is 11.1. The first kappa shape index (κ1) is 27.7. The third-order valence-corrected chi connectivity index (χ3v) is 8.75. The monoisotopic (exact) mass is 560 g/mol. The van der Waals surface area contributed by atoms with E-state index in [4.69, 9.17) is 15.7 Å². The average molecular weight is 561 g/mol. The van der Waals surface area contributed by atoms with E-state index in [0.717, 1.165) is 71.8 Å². The summed E-state index contributed by atoms with van der Waals surface area (Å²) in [6.07, 6.45) is 8.28. The highest BCUT2D eigenvalue weighted by Crippen LogP contribution is 2.36.